The van der Waals surface area contributed by atoms with E-state index in [2.05, 4.69) is 5.32 Å². The summed E-state index contributed by atoms with van der Waals surface area (Å²) in [5.41, 5.74) is 0.695. The predicted molar refractivity (Wildman–Crippen MR) is 59.0 cm³/mol. The van der Waals surface area contributed by atoms with Crippen LogP contribution in [0.4, 0.5) is 4.39 Å². The average Bonchev–Trinajstić information content (AvgIpc) is 2.97. The Balaban J connectivity index is 1.86. The lowest BCUT2D eigenvalue weighted by molar-refractivity contribution is -0.141. The Morgan fingerprint density at radius 3 is 3.00 bits per heavy atom. The number of rotatable bonds is 2. The molecule has 0 bridgehead atoms. The van der Waals surface area contributed by atoms with Crippen molar-refractivity contribution in [2.45, 2.75) is 12.5 Å². The Labute approximate surface area is 103 Å². The van der Waals surface area contributed by atoms with Gasteiger partial charge in [0.1, 0.15) is 0 Å². The van der Waals surface area contributed by atoms with Crippen molar-refractivity contribution in [3.05, 3.63) is 23.5 Å². The zero-order valence-corrected chi connectivity index (χ0v) is 9.48. The highest BCUT2D eigenvalue weighted by Crippen LogP contribution is 2.39. The highest BCUT2D eigenvalue weighted by atomic mass is 19.1. The predicted octanol–water partition coefficient (Wildman–Crippen LogP) is 1.29. The Kier molecular flexibility index (Phi) is 2.59. The van der Waals surface area contributed by atoms with Gasteiger partial charge in [-0.3, -0.25) is 4.79 Å². The van der Waals surface area contributed by atoms with Crippen molar-refractivity contribution >= 4 is 5.97 Å². The second-order valence-corrected chi connectivity index (χ2v) is 4.47. The van der Waals surface area contributed by atoms with Crippen molar-refractivity contribution in [3.8, 4) is 11.5 Å². The van der Waals surface area contributed by atoms with E-state index in [9.17, 15) is 9.18 Å². The van der Waals surface area contributed by atoms with Gasteiger partial charge in [-0.2, -0.15) is 0 Å². The van der Waals surface area contributed by atoms with E-state index in [1.807, 2.05) is 0 Å². The number of fused-ring (bicyclic) bond motifs is 1. The van der Waals surface area contributed by atoms with E-state index < -0.39 is 17.7 Å². The average molecular weight is 253 g/mol. The summed E-state index contributed by atoms with van der Waals surface area (Å²) >= 11 is 0. The number of aliphatic carboxylic acids is 1. The summed E-state index contributed by atoms with van der Waals surface area (Å²) in [7, 11) is 0. The number of ether oxygens (including phenoxy) is 2. The molecule has 0 aliphatic carbocycles. The van der Waals surface area contributed by atoms with E-state index in [1.54, 1.807) is 6.07 Å². The molecule has 0 aromatic heterocycles. The summed E-state index contributed by atoms with van der Waals surface area (Å²) in [5.74, 6) is -1.22. The van der Waals surface area contributed by atoms with Crippen molar-refractivity contribution in [1.82, 2.24) is 5.32 Å². The van der Waals surface area contributed by atoms with Crippen molar-refractivity contribution in [2.24, 2.45) is 5.92 Å². The molecule has 2 N–H and O–H groups in total. The lowest BCUT2D eigenvalue weighted by Crippen LogP contribution is -2.17. The number of nitrogens with one attached hydrogen (secondary N) is 1. The number of carboxylic acids is 1. The topological polar surface area (TPSA) is 67.8 Å². The van der Waals surface area contributed by atoms with Crippen LogP contribution in [0.5, 0.6) is 11.5 Å². The van der Waals surface area contributed by atoms with Gasteiger partial charge in [-0.1, -0.05) is 0 Å². The second-order valence-electron chi connectivity index (χ2n) is 4.47. The van der Waals surface area contributed by atoms with Gasteiger partial charge < -0.3 is 19.9 Å². The van der Waals surface area contributed by atoms with Gasteiger partial charge in [0.15, 0.2) is 11.6 Å². The standard InChI is InChI=1S/C12H12FNO4/c13-8-1-6(3-10-11(8)18-5-17-10)9-2-7(4-14-9)12(15)16/h1,3,7,9,14H,2,4-5H2,(H,15,16). The minimum Gasteiger partial charge on any atom is -0.481 e. The van der Waals surface area contributed by atoms with Crippen molar-refractivity contribution < 1.29 is 23.8 Å². The van der Waals surface area contributed by atoms with Gasteiger partial charge in [-0.15, -0.1) is 0 Å². The van der Waals surface area contributed by atoms with Gasteiger partial charge in [0.05, 0.1) is 5.92 Å². The number of carboxylic acid groups (broad SMARTS) is 1. The smallest absolute Gasteiger partial charge is 0.307 e. The van der Waals surface area contributed by atoms with Crippen LogP contribution in [0.15, 0.2) is 12.1 Å². The zero-order valence-electron chi connectivity index (χ0n) is 9.48. The first-order chi connectivity index (χ1) is 8.65. The number of hydrogen-bond donors (Lipinski definition) is 2. The summed E-state index contributed by atoms with van der Waals surface area (Å²) in [6.45, 7) is 0.418. The van der Waals surface area contributed by atoms with Crippen molar-refractivity contribution in [3.63, 3.8) is 0 Å². The Bertz CT molecular complexity index is 505. The number of carbonyl (C=O) groups is 1. The summed E-state index contributed by atoms with van der Waals surface area (Å²) in [6, 6.07) is 2.91. The maximum atomic E-state index is 13.7. The van der Waals surface area contributed by atoms with Crippen molar-refractivity contribution in [2.75, 3.05) is 13.3 Å². The third-order valence-corrected chi connectivity index (χ3v) is 3.33. The molecule has 0 radical (unpaired) electrons. The number of hydrogen-bond acceptors (Lipinski definition) is 4. The summed E-state index contributed by atoms with van der Waals surface area (Å²) in [4.78, 5) is 10.9. The van der Waals surface area contributed by atoms with Crippen LogP contribution in [0, 0.1) is 11.7 Å². The van der Waals surface area contributed by atoms with Crippen LogP contribution in [-0.4, -0.2) is 24.4 Å². The van der Waals surface area contributed by atoms with E-state index in [0.29, 0.717) is 24.3 Å². The molecule has 2 unspecified atom stereocenters. The first-order valence-electron chi connectivity index (χ1n) is 5.70. The largest absolute Gasteiger partial charge is 0.481 e. The van der Waals surface area contributed by atoms with Crippen molar-refractivity contribution in [1.29, 1.82) is 0 Å². The second kappa shape index (κ2) is 4.13. The van der Waals surface area contributed by atoms with Gasteiger partial charge in [-0.25, -0.2) is 4.39 Å². The molecule has 1 aromatic rings. The van der Waals surface area contributed by atoms with Crippen LogP contribution in [0.3, 0.4) is 0 Å². The summed E-state index contributed by atoms with van der Waals surface area (Å²) in [5, 5.41) is 12.0. The molecule has 18 heavy (non-hydrogen) atoms. The summed E-state index contributed by atoms with van der Waals surface area (Å²) < 4.78 is 23.9. The summed E-state index contributed by atoms with van der Waals surface area (Å²) in [6.07, 6.45) is 0.453. The van der Waals surface area contributed by atoms with Gasteiger partial charge in [0.25, 0.3) is 0 Å². The minimum atomic E-state index is -0.828. The van der Waals surface area contributed by atoms with Gasteiger partial charge in [0, 0.05) is 12.6 Å². The third kappa shape index (κ3) is 1.78. The highest BCUT2D eigenvalue weighted by Gasteiger charge is 2.31. The van der Waals surface area contributed by atoms with Crippen LogP contribution in [0.1, 0.15) is 18.0 Å². The molecule has 2 atom stereocenters. The molecule has 1 fully saturated rings. The first kappa shape index (κ1) is 11.3. The molecule has 2 aliphatic heterocycles. The molecular weight excluding hydrogens is 241 g/mol. The Hall–Kier alpha value is -1.82. The molecule has 1 saturated heterocycles. The molecule has 2 aliphatic rings. The fourth-order valence-electron chi connectivity index (χ4n) is 2.37. The van der Waals surface area contributed by atoms with Crippen LogP contribution in [0.2, 0.25) is 0 Å². The molecule has 96 valence electrons. The lowest BCUT2D eigenvalue weighted by atomic mass is 9.99. The molecular formula is C12H12FNO4. The number of benzene rings is 1. The zero-order chi connectivity index (χ0) is 12.7. The molecule has 5 nitrogen and oxygen atoms in total. The van der Waals surface area contributed by atoms with Gasteiger partial charge in [-0.05, 0) is 24.1 Å². The minimum absolute atomic E-state index is 0.0194. The van der Waals surface area contributed by atoms with E-state index in [-0.39, 0.29) is 18.6 Å². The molecule has 0 saturated carbocycles. The van der Waals surface area contributed by atoms with E-state index in [1.165, 1.54) is 6.07 Å². The first-order valence-corrected chi connectivity index (χ1v) is 5.70. The Morgan fingerprint density at radius 2 is 2.28 bits per heavy atom. The van der Waals surface area contributed by atoms with E-state index in [4.69, 9.17) is 14.6 Å². The maximum absolute atomic E-state index is 13.7. The highest BCUT2D eigenvalue weighted by molar-refractivity contribution is 5.70. The molecule has 1 aromatic carbocycles. The molecule has 3 rings (SSSR count). The van der Waals surface area contributed by atoms with Gasteiger partial charge in [0.2, 0.25) is 12.5 Å². The third-order valence-electron chi connectivity index (χ3n) is 3.33. The fourth-order valence-corrected chi connectivity index (χ4v) is 2.37. The molecule has 0 amide bonds. The van der Waals surface area contributed by atoms with E-state index >= 15 is 0 Å². The molecule has 2 heterocycles. The molecule has 0 spiro atoms. The monoisotopic (exact) mass is 253 g/mol. The van der Waals surface area contributed by atoms with Crippen LogP contribution in [0.25, 0.3) is 0 Å². The fraction of sp³-hybridized carbons (Fsp3) is 0.417. The van der Waals surface area contributed by atoms with Crippen LogP contribution in [-0.2, 0) is 4.79 Å². The van der Waals surface area contributed by atoms with E-state index in [0.717, 1.165) is 0 Å². The molecule has 6 heteroatoms. The maximum Gasteiger partial charge on any atom is 0.307 e. The van der Waals surface area contributed by atoms with Crippen LogP contribution >= 0.6 is 0 Å². The SMILES string of the molecule is O=C(O)C1CNC(c2cc(F)c3c(c2)OCO3)C1. The van der Waals surface area contributed by atoms with Gasteiger partial charge >= 0.3 is 5.97 Å². The normalized spacial score (nSPS) is 25.4. The quantitative estimate of drug-likeness (QED) is 0.831. The number of halogens is 1. The lowest BCUT2D eigenvalue weighted by Gasteiger charge is -2.11. The van der Waals surface area contributed by atoms with Crippen LogP contribution < -0.4 is 14.8 Å². The Morgan fingerprint density at radius 1 is 1.44 bits per heavy atom.